The standard InChI is InChI=1S/C30H36F3NO9/c31-30(32,33)21-6-5-7-24(16-21)41-19-22(35)12-15-26-25(27(36)17-28(26)37)8-3-1-2-4-9-29(38)43-23-13-10-20(11-14-23)18-42-34(39)40/h1,3,5-7,10-16,22,25-28,35-37,39-40H,2,4,8-9,17-19H2/b3-1-,15-12+/t22-,25-,26-,27+,28-/m1/s1. The third kappa shape index (κ3) is 11.7. The number of hydrogen-bond acceptors (Lipinski definition) is 10. The smallest absolute Gasteiger partial charge is 0.416 e. The van der Waals surface area contributed by atoms with Crippen molar-refractivity contribution in [1.29, 1.82) is 0 Å². The molecule has 0 unspecified atom stereocenters. The van der Waals surface area contributed by atoms with Crippen LogP contribution in [0.5, 0.6) is 11.5 Å². The number of benzene rings is 2. The average molecular weight is 612 g/mol. The van der Waals surface area contributed by atoms with Gasteiger partial charge in [-0.25, -0.2) is 4.84 Å². The highest BCUT2D eigenvalue weighted by Crippen LogP contribution is 2.36. The summed E-state index contributed by atoms with van der Waals surface area (Å²) in [5, 5.41) is 47.8. The summed E-state index contributed by atoms with van der Waals surface area (Å²) in [7, 11) is 0. The summed E-state index contributed by atoms with van der Waals surface area (Å²) >= 11 is 0. The van der Waals surface area contributed by atoms with Crippen LogP contribution in [0.15, 0.2) is 72.8 Å². The van der Waals surface area contributed by atoms with Gasteiger partial charge in [0.15, 0.2) is 0 Å². The van der Waals surface area contributed by atoms with Crippen molar-refractivity contribution in [3.8, 4) is 11.5 Å². The van der Waals surface area contributed by atoms with Gasteiger partial charge in [-0.2, -0.15) is 13.2 Å². The second-order valence-electron chi connectivity index (χ2n) is 10.1. The topological polar surface area (TPSA) is 149 Å². The number of unbranched alkanes of at least 4 members (excludes halogenated alkanes) is 1. The number of carbonyl (C=O) groups is 1. The summed E-state index contributed by atoms with van der Waals surface area (Å²) in [4.78, 5) is 16.6. The highest BCUT2D eigenvalue weighted by Gasteiger charge is 2.39. The number of allylic oxidation sites excluding steroid dienone is 2. The van der Waals surface area contributed by atoms with Crippen molar-refractivity contribution in [2.45, 2.75) is 63.2 Å². The summed E-state index contributed by atoms with van der Waals surface area (Å²) in [6.07, 6.45) is 1.44. The molecule has 1 fully saturated rings. The third-order valence-electron chi connectivity index (χ3n) is 6.88. The van der Waals surface area contributed by atoms with Crippen molar-refractivity contribution < 1.29 is 58.0 Å². The predicted molar refractivity (Wildman–Crippen MR) is 146 cm³/mol. The van der Waals surface area contributed by atoms with E-state index in [1.165, 1.54) is 18.2 Å². The minimum Gasteiger partial charge on any atom is -0.491 e. The SMILES string of the molecule is O=C(CCC/C=C\C[C@@H]1[C@@H](/C=C/[C@@H](O)COc2cccc(C(F)(F)F)c2)[C@H](O)C[C@@H]1O)Oc1ccc(CON(O)O)cc1. The van der Waals surface area contributed by atoms with Crippen LogP contribution < -0.4 is 9.47 Å². The molecule has 236 valence electrons. The number of aliphatic hydroxyl groups is 3. The molecular weight excluding hydrogens is 575 g/mol. The number of halogens is 3. The lowest BCUT2D eigenvalue weighted by atomic mass is 9.89. The van der Waals surface area contributed by atoms with Gasteiger partial charge in [0.2, 0.25) is 0 Å². The number of nitrogens with zero attached hydrogens (tertiary/aromatic N) is 1. The van der Waals surface area contributed by atoms with Gasteiger partial charge in [0.25, 0.3) is 0 Å². The molecule has 3 rings (SSSR count). The fraction of sp³-hybridized carbons (Fsp3) is 0.433. The van der Waals surface area contributed by atoms with E-state index in [2.05, 4.69) is 4.84 Å². The Morgan fingerprint density at radius 2 is 1.79 bits per heavy atom. The Labute approximate surface area is 246 Å². The molecule has 10 nitrogen and oxygen atoms in total. The Bertz CT molecular complexity index is 1200. The van der Waals surface area contributed by atoms with Crippen LogP contribution in [-0.4, -0.2) is 62.0 Å². The lowest BCUT2D eigenvalue weighted by molar-refractivity contribution is -0.497. The molecule has 0 spiro atoms. The molecule has 0 heterocycles. The van der Waals surface area contributed by atoms with Gasteiger partial charge >= 0.3 is 12.1 Å². The number of alkyl halides is 3. The van der Waals surface area contributed by atoms with E-state index in [0.29, 0.717) is 30.6 Å². The zero-order valence-electron chi connectivity index (χ0n) is 23.2. The van der Waals surface area contributed by atoms with Crippen LogP contribution >= 0.6 is 0 Å². The van der Waals surface area contributed by atoms with Crippen molar-refractivity contribution >= 4 is 5.97 Å². The van der Waals surface area contributed by atoms with Crippen LogP contribution in [0, 0.1) is 11.8 Å². The van der Waals surface area contributed by atoms with Crippen LogP contribution in [0.1, 0.15) is 43.2 Å². The van der Waals surface area contributed by atoms with Crippen LogP contribution in [0.25, 0.3) is 0 Å². The molecule has 0 radical (unpaired) electrons. The van der Waals surface area contributed by atoms with Crippen LogP contribution in [0.2, 0.25) is 0 Å². The average Bonchev–Trinajstić information content (AvgIpc) is 3.23. The van der Waals surface area contributed by atoms with Gasteiger partial charge in [-0.05, 0) is 61.1 Å². The van der Waals surface area contributed by atoms with Gasteiger partial charge in [-0.1, -0.05) is 42.5 Å². The van der Waals surface area contributed by atoms with Crippen molar-refractivity contribution in [3.05, 3.63) is 84.0 Å². The van der Waals surface area contributed by atoms with Gasteiger partial charge in [0.1, 0.15) is 24.2 Å². The molecular formula is C30H36F3NO9. The lowest BCUT2D eigenvalue weighted by Crippen LogP contribution is -2.21. The zero-order chi connectivity index (χ0) is 31.4. The molecule has 0 aromatic heterocycles. The Hall–Kier alpha value is -3.30. The van der Waals surface area contributed by atoms with Gasteiger partial charge in [0.05, 0.1) is 29.8 Å². The van der Waals surface area contributed by atoms with E-state index in [1.54, 1.807) is 30.3 Å². The van der Waals surface area contributed by atoms with Crippen LogP contribution in [-0.2, 0) is 22.4 Å². The fourth-order valence-corrected chi connectivity index (χ4v) is 4.67. The van der Waals surface area contributed by atoms with Gasteiger partial charge in [-0.3, -0.25) is 15.2 Å². The second kappa shape index (κ2) is 16.5. The van der Waals surface area contributed by atoms with E-state index in [1.807, 2.05) is 12.2 Å². The molecule has 2 aromatic carbocycles. The fourth-order valence-electron chi connectivity index (χ4n) is 4.67. The predicted octanol–water partition coefficient (Wildman–Crippen LogP) is 4.59. The van der Waals surface area contributed by atoms with Crippen LogP contribution in [0.3, 0.4) is 0 Å². The molecule has 2 aromatic rings. The zero-order valence-corrected chi connectivity index (χ0v) is 23.2. The van der Waals surface area contributed by atoms with E-state index >= 15 is 0 Å². The molecule has 43 heavy (non-hydrogen) atoms. The highest BCUT2D eigenvalue weighted by molar-refractivity contribution is 5.72. The number of esters is 1. The number of carbonyl (C=O) groups excluding carboxylic acids is 1. The van der Waals surface area contributed by atoms with Crippen molar-refractivity contribution in [1.82, 2.24) is 5.39 Å². The third-order valence-corrected chi connectivity index (χ3v) is 6.88. The highest BCUT2D eigenvalue weighted by atomic mass is 19.4. The molecule has 0 amide bonds. The van der Waals surface area contributed by atoms with Gasteiger partial charge < -0.3 is 24.8 Å². The first-order chi connectivity index (χ1) is 20.4. The first-order valence-electron chi connectivity index (χ1n) is 13.7. The molecule has 13 heteroatoms. The first-order valence-corrected chi connectivity index (χ1v) is 13.7. The maximum Gasteiger partial charge on any atom is 0.416 e. The maximum atomic E-state index is 12.9. The summed E-state index contributed by atoms with van der Waals surface area (Å²) in [6.45, 7) is -0.366. The monoisotopic (exact) mass is 611 g/mol. The molecule has 5 N–H and O–H groups in total. The van der Waals surface area contributed by atoms with E-state index < -0.39 is 47.3 Å². The Kier molecular flexibility index (Phi) is 13.1. The van der Waals surface area contributed by atoms with Crippen LogP contribution in [0.4, 0.5) is 13.2 Å². The van der Waals surface area contributed by atoms with E-state index in [-0.39, 0.29) is 37.7 Å². The normalized spacial score (nSPS) is 21.6. The summed E-state index contributed by atoms with van der Waals surface area (Å²) in [5.41, 5.74) is -0.223. The van der Waals surface area contributed by atoms with Crippen molar-refractivity contribution in [2.75, 3.05) is 6.61 Å². The van der Waals surface area contributed by atoms with Gasteiger partial charge in [0, 0.05) is 18.8 Å². The molecule has 0 aliphatic heterocycles. The molecule has 1 saturated carbocycles. The summed E-state index contributed by atoms with van der Waals surface area (Å²) < 4.78 is 49.2. The minimum atomic E-state index is -4.51. The Balaban J connectivity index is 1.39. The first kappa shape index (κ1) is 34.2. The molecule has 0 saturated heterocycles. The molecule has 1 aliphatic carbocycles. The minimum absolute atomic E-state index is 0.0322. The summed E-state index contributed by atoms with van der Waals surface area (Å²) in [5.74, 6) is -0.855. The Morgan fingerprint density at radius 1 is 1.05 bits per heavy atom. The molecule has 0 bridgehead atoms. The van der Waals surface area contributed by atoms with E-state index in [9.17, 15) is 33.3 Å². The summed E-state index contributed by atoms with van der Waals surface area (Å²) in [6, 6.07) is 10.7. The quantitative estimate of drug-likeness (QED) is 0.0636. The van der Waals surface area contributed by atoms with E-state index in [4.69, 9.17) is 19.9 Å². The number of rotatable bonds is 15. The van der Waals surface area contributed by atoms with Crippen molar-refractivity contribution in [3.63, 3.8) is 0 Å². The molecule has 1 aliphatic rings. The molecule has 5 atom stereocenters. The van der Waals surface area contributed by atoms with Gasteiger partial charge in [-0.15, -0.1) is 0 Å². The van der Waals surface area contributed by atoms with Crippen molar-refractivity contribution in [2.24, 2.45) is 11.8 Å². The number of hydrogen-bond donors (Lipinski definition) is 5. The Morgan fingerprint density at radius 3 is 2.49 bits per heavy atom. The van der Waals surface area contributed by atoms with E-state index in [0.717, 1.165) is 12.1 Å². The maximum absolute atomic E-state index is 12.9. The number of aliphatic hydroxyl groups excluding tert-OH is 3. The lowest BCUT2D eigenvalue weighted by Gasteiger charge is -2.19. The number of ether oxygens (including phenoxy) is 2. The largest absolute Gasteiger partial charge is 0.491 e. The second-order valence-corrected chi connectivity index (χ2v) is 10.1.